The first-order valence-corrected chi connectivity index (χ1v) is 7.01. The minimum Gasteiger partial charge on any atom is -0.376 e. The van der Waals surface area contributed by atoms with E-state index in [0.29, 0.717) is 18.0 Å². The molecule has 0 N–H and O–H groups in total. The van der Waals surface area contributed by atoms with Gasteiger partial charge in [0, 0.05) is 30.8 Å². The lowest BCUT2D eigenvalue weighted by molar-refractivity contribution is 0.0910. The molecular weight excluding hydrogens is 270 g/mol. The zero-order valence-electron chi connectivity index (χ0n) is 11.9. The highest BCUT2D eigenvalue weighted by Crippen LogP contribution is 2.21. The Bertz CT molecular complexity index is 606. The zero-order valence-corrected chi connectivity index (χ0v) is 11.9. The molecule has 0 aromatic carbocycles. The quantitative estimate of drug-likeness (QED) is 0.862. The molecule has 1 saturated heterocycles. The average Bonchev–Trinajstić information content (AvgIpc) is 3.16. The van der Waals surface area contributed by atoms with Gasteiger partial charge in [-0.15, -0.1) is 0 Å². The van der Waals surface area contributed by atoms with Gasteiger partial charge in [-0.05, 0) is 31.9 Å². The van der Waals surface area contributed by atoms with Crippen molar-refractivity contribution in [3.63, 3.8) is 0 Å². The Morgan fingerprint density at radius 2 is 2.24 bits per heavy atom. The molecule has 3 rings (SSSR count). The van der Waals surface area contributed by atoms with E-state index in [1.807, 2.05) is 0 Å². The molecule has 1 aliphatic rings. The molecule has 0 radical (unpaired) electrons. The Hall–Kier alpha value is -2.21. The Balaban J connectivity index is 1.86. The zero-order chi connectivity index (χ0) is 14.7. The second-order valence-corrected chi connectivity index (χ2v) is 5.08. The molecule has 1 atom stereocenters. The van der Waals surface area contributed by atoms with Crippen molar-refractivity contribution in [2.24, 2.45) is 0 Å². The van der Waals surface area contributed by atoms with Gasteiger partial charge in [0.05, 0.1) is 12.6 Å². The number of nitrogens with zero attached hydrogens (tertiary/aromatic N) is 3. The van der Waals surface area contributed by atoms with Gasteiger partial charge in [-0.2, -0.15) is 0 Å². The second kappa shape index (κ2) is 6.05. The first kappa shape index (κ1) is 13.8. The summed E-state index contributed by atoms with van der Waals surface area (Å²) in [5, 5.41) is 3.81. The predicted octanol–water partition coefficient (Wildman–Crippen LogP) is 2.20. The molecule has 2 aromatic rings. The summed E-state index contributed by atoms with van der Waals surface area (Å²) in [4.78, 5) is 18.3. The van der Waals surface area contributed by atoms with Crippen molar-refractivity contribution in [3.05, 3.63) is 42.0 Å². The maximum absolute atomic E-state index is 12.7. The number of aromatic nitrogens is 2. The van der Waals surface area contributed by atoms with Crippen molar-refractivity contribution in [2.45, 2.75) is 25.9 Å². The summed E-state index contributed by atoms with van der Waals surface area (Å²) in [7, 11) is 0. The molecule has 2 aromatic heterocycles. The molecule has 0 aliphatic carbocycles. The van der Waals surface area contributed by atoms with Crippen LogP contribution in [0.5, 0.6) is 0 Å². The fourth-order valence-electron chi connectivity index (χ4n) is 2.43. The van der Waals surface area contributed by atoms with Crippen LogP contribution in [0.2, 0.25) is 0 Å². The van der Waals surface area contributed by atoms with Crippen LogP contribution < -0.4 is 4.90 Å². The molecule has 6 nitrogen and oxygen atoms in total. The van der Waals surface area contributed by atoms with Gasteiger partial charge in [-0.1, -0.05) is 5.16 Å². The van der Waals surface area contributed by atoms with Gasteiger partial charge in [0.2, 0.25) is 0 Å². The summed E-state index contributed by atoms with van der Waals surface area (Å²) in [5.41, 5.74) is 1.09. The monoisotopic (exact) mass is 287 g/mol. The number of hydrogen-bond donors (Lipinski definition) is 0. The summed E-state index contributed by atoms with van der Waals surface area (Å²) in [6.45, 7) is 3.03. The molecule has 6 heteroatoms. The summed E-state index contributed by atoms with van der Waals surface area (Å²) in [5.74, 6) is 0.429. The Morgan fingerprint density at radius 1 is 1.43 bits per heavy atom. The van der Waals surface area contributed by atoms with Crippen LogP contribution in [0.1, 0.15) is 29.1 Å². The Kier molecular flexibility index (Phi) is 3.96. The molecule has 21 heavy (non-hydrogen) atoms. The molecule has 0 spiro atoms. The minimum absolute atomic E-state index is 0.0649. The minimum atomic E-state index is -0.187. The lowest BCUT2D eigenvalue weighted by Crippen LogP contribution is -2.37. The van der Waals surface area contributed by atoms with Crippen molar-refractivity contribution in [3.8, 4) is 0 Å². The van der Waals surface area contributed by atoms with Crippen molar-refractivity contribution in [1.82, 2.24) is 10.1 Å². The van der Waals surface area contributed by atoms with E-state index in [1.54, 1.807) is 42.4 Å². The van der Waals surface area contributed by atoms with Crippen molar-refractivity contribution in [2.75, 3.05) is 18.1 Å². The molecule has 110 valence electrons. The second-order valence-electron chi connectivity index (χ2n) is 5.08. The summed E-state index contributed by atoms with van der Waals surface area (Å²) < 4.78 is 10.6. The highest BCUT2D eigenvalue weighted by atomic mass is 16.5. The largest absolute Gasteiger partial charge is 0.376 e. The van der Waals surface area contributed by atoms with E-state index >= 15 is 0 Å². The van der Waals surface area contributed by atoms with E-state index in [1.165, 1.54) is 0 Å². The third kappa shape index (κ3) is 3.11. The molecule has 3 heterocycles. The number of rotatable bonds is 4. The number of carbonyl (C=O) groups excluding carboxylic acids is 1. The first-order chi connectivity index (χ1) is 10.2. The van der Waals surface area contributed by atoms with Crippen LogP contribution in [0.25, 0.3) is 0 Å². The van der Waals surface area contributed by atoms with Crippen LogP contribution in [0, 0.1) is 6.92 Å². The van der Waals surface area contributed by atoms with Crippen LogP contribution in [0.15, 0.2) is 35.1 Å². The van der Waals surface area contributed by atoms with Gasteiger partial charge in [0.25, 0.3) is 5.91 Å². The van der Waals surface area contributed by atoms with E-state index in [9.17, 15) is 4.79 Å². The molecule has 1 unspecified atom stereocenters. The Morgan fingerprint density at radius 3 is 2.86 bits per heavy atom. The number of pyridine rings is 1. The van der Waals surface area contributed by atoms with Crippen LogP contribution in [0.4, 0.5) is 5.69 Å². The van der Waals surface area contributed by atoms with E-state index in [4.69, 9.17) is 9.26 Å². The van der Waals surface area contributed by atoms with Crippen LogP contribution >= 0.6 is 0 Å². The molecule has 1 fully saturated rings. The smallest absolute Gasteiger partial charge is 0.280 e. The van der Waals surface area contributed by atoms with E-state index in [-0.39, 0.29) is 12.0 Å². The van der Waals surface area contributed by atoms with E-state index < -0.39 is 0 Å². The third-order valence-corrected chi connectivity index (χ3v) is 3.48. The third-order valence-electron chi connectivity index (χ3n) is 3.48. The molecule has 0 saturated carbocycles. The number of amides is 1. The standard InChI is InChI=1S/C15H17N3O3/c1-11-9-14(17-21-11)15(19)18(10-13-3-2-8-20-13)12-4-6-16-7-5-12/h4-7,9,13H,2-3,8,10H2,1H3. The number of hydrogen-bond acceptors (Lipinski definition) is 5. The maximum atomic E-state index is 12.7. The van der Waals surface area contributed by atoms with Crippen molar-refractivity contribution < 1.29 is 14.1 Å². The predicted molar refractivity (Wildman–Crippen MR) is 76.1 cm³/mol. The number of ether oxygens (including phenoxy) is 1. The highest BCUT2D eigenvalue weighted by Gasteiger charge is 2.26. The summed E-state index contributed by atoms with van der Waals surface area (Å²) >= 11 is 0. The van der Waals surface area contributed by atoms with Gasteiger partial charge >= 0.3 is 0 Å². The normalized spacial score (nSPS) is 17.9. The molecular formula is C15H17N3O3. The van der Waals surface area contributed by atoms with Gasteiger partial charge in [0.1, 0.15) is 5.76 Å². The van der Waals surface area contributed by atoms with Gasteiger partial charge < -0.3 is 14.2 Å². The lowest BCUT2D eigenvalue weighted by Gasteiger charge is -2.24. The van der Waals surface area contributed by atoms with Crippen LogP contribution in [-0.4, -0.2) is 35.3 Å². The molecule has 1 amide bonds. The van der Waals surface area contributed by atoms with Gasteiger partial charge in [0.15, 0.2) is 5.69 Å². The maximum Gasteiger partial charge on any atom is 0.280 e. The summed E-state index contributed by atoms with van der Waals surface area (Å²) in [6, 6.07) is 5.26. The average molecular weight is 287 g/mol. The molecule has 1 aliphatic heterocycles. The Labute approximate surface area is 122 Å². The lowest BCUT2D eigenvalue weighted by atomic mass is 10.2. The van der Waals surface area contributed by atoms with Crippen LogP contribution in [-0.2, 0) is 4.74 Å². The molecule has 0 bridgehead atoms. The topological polar surface area (TPSA) is 68.5 Å². The van der Waals surface area contributed by atoms with Gasteiger partial charge in [-0.3, -0.25) is 9.78 Å². The van der Waals surface area contributed by atoms with Crippen molar-refractivity contribution in [1.29, 1.82) is 0 Å². The SMILES string of the molecule is Cc1cc(C(=O)N(CC2CCCO2)c2ccncc2)no1. The number of aryl methyl sites for hydroxylation is 1. The number of carbonyl (C=O) groups is 1. The van der Waals surface area contributed by atoms with Gasteiger partial charge in [-0.25, -0.2) is 0 Å². The van der Waals surface area contributed by atoms with Crippen molar-refractivity contribution >= 4 is 11.6 Å². The fraction of sp³-hybridized carbons (Fsp3) is 0.400. The fourth-order valence-corrected chi connectivity index (χ4v) is 2.43. The van der Waals surface area contributed by atoms with E-state index in [2.05, 4.69) is 10.1 Å². The highest BCUT2D eigenvalue weighted by molar-refractivity contribution is 6.04. The number of anilines is 1. The summed E-state index contributed by atoms with van der Waals surface area (Å²) in [6.07, 6.45) is 5.40. The first-order valence-electron chi connectivity index (χ1n) is 7.01. The van der Waals surface area contributed by atoms with E-state index in [0.717, 1.165) is 25.1 Å². The van der Waals surface area contributed by atoms with Crippen LogP contribution in [0.3, 0.4) is 0 Å².